The third kappa shape index (κ3) is 6.09. The fourth-order valence-electron chi connectivity index (χ4n) is 0.802. The first-order valence-corrected chi connectivity index (χ1v) is 4.73. The zero-order valence-electron chi connectivity index (χ0n) is 9.04. The van der Waals surface area contributed by atoms with E-state index in [1.165, 1.54) is 12.0 Å². The Kier molecular flexibility index (Phi) is 6.89. The predicted octanol–water partition coefficient (Wildman–Crippen LogP) is 3.46. The van der Waals surface area contributed by atoms with Gasteiger partial charge in [0.25, 0.3) is 0 Å². The maximum absolute atomic E-state index is 3.91. The van der Waals surface area contributed by atoms with Gasteiger partial charge in [0.2, 0.25) is 0 Å². The monoisotopic (exact) mass is 177 g/mol. The second-order valence-electron chi connectivity index (χ2n) is 3.01. The molecule has 0 aromatic heterocycles. The molecule has 0 aliphatic carbocycles. The van der Waals surface area contributed by atoms with Gasteiger partial charge in [-0.15, -0.1) is 0 Å². The van der Waals surface area contributed by atoms with E-state index in [-0.39, 0.29) is 0 Å². The van der Waals surface area contributed by atoms with Crippen LogP contribution in [-0.2, 0) is 0 Å². The standard InChI is InChI=1S/C9H11N.C3H8/c1-8-3-5-9(6-4-8)7-10-2;1-3-2/h3-7H,1-2H3;3H2,1-2H3. The van der Waals surface area contributed by atoms with Gasteiger partial charge < -0.3 is 0 Å². The van der Waals surface area contributed by atoms with Gasteiger partial charge in [0.1, 0.15) is 0 Å². The molecule has 0 amide bonds. The summed E-state index contributed by atoms with van der Waals surface area (Å²) in [5.41, 5.74) is 2.45. The number of aryl methyl sites for hydroxylation is 1. The minimum atomic E-state index is 1.16. The highest BCUT2D eigenvalue weighted by Crippen LogP contribution is 1.99. The smallest absolute Gasteiger partial charge is 0.0281 e. The van der Waals surface area contributed by atoms with Crippen LogP contribution < -0.4 is 0 Å². The van der Waals surface area contributed by atoms with Crippen molar-refractivity contribution in [2.24, 2.45) is 4.99 Å². The van der Waals surface area contributed by atoms with Crippen LogP contribution in [0.2, 0.25) is 0 Å². The van der Waals surface area contributed by atoms with Crippen LogP contribution in [0.5, 0.6) is 0 Å². The van der Waals surface area contributed by atoms with Crippen molar-refractivity contribution >= 4 is 6.21 Å². The number of hydrogen-bond acceptors (Lipinski definition) is 1. The summed E-state index contributed by atoms with van der Waals surface area (Å²) in [6.45, 7) is 6.33. The van der Waals surface area contributed by atoms with E-state index in [9.17, 15) is 0 Å². The molecule has 13 heavy (non-hydrogen) atoms. The van der Waals surface area contributed by atoms with E-state index >= 15 is 0 Å². The summed E-state index contributed by atoms with van der Waals surface area (Å²) < 4.78 is 0. The Labute approximate surface area is 81.5 Å². The summed E-state index contributed by atoms with van der Waals surface area (Å²) in [6, 6.07) is 8.28. The zero-order valence-corrected chi connectivity index (χ0v) is 9.04. The Bertz CT molecular complexity index is 234. The Balaban J connectivity index is 0.000000424. The topological polar surface area (TPSA) is 12.4 Å². The van der Waals surface area contributed by atoms with Crippen LogP contribution in [0.4, 0.5) is 0 Å². The summed E-state index contributed by atoms with van der Waals surface area (Å²) in [4.78, 5) is 3.91. The van der Waals surface area contributed by atoms with Gasteiger partial charge in [0.05, 0.1) is 0 Å². The van der Waals surface area contributed by atoms with Gasteiger partial charge in [-0.25, -0.2) is 0 Å². The molecular weight excluding hydrogens is 158 g/mol. The van der Waals surface area contributed by atoms with Gasteiger partial charge in [-0.05, 0) is 12.5 Å². The molecular formula is C12H19N. The molecule has 1 aromatic carbocycles. The summed E-state index contributed by atoms with van der Waals surface area (Å²) in [5.74, 6) is 0. The summed E-state index contributed by atoms with van der Waals surface area (Å²) in [5, 5.41) is 0. The first-order valence-electron chi connectivity index (χ1n) is 4.73. The molecule has 0 saturated heterocycles. The van der Waals surface area contributed by atoms with E-state index in [1.807, 2.05) is 6.21 Å². The van der Waals surface area contributed by atoms with E-state index in [0.29, 0.717) is 0 Å². The second kappa shape index (κ2) is 7.53. The number of benzene rings is 1. The van der Waals surface area contributed by atoms with E-state index in [1.54, 1.807) is 7.05 Å². The average Bonchev–Trinajstić information content (AvgIpc) is 2.11. The van der Waals surface area contributed by atoms with Gasteiger partial charge in [0.15, 0.2) is 0 Å². The van der Waals surface area contributed by atoms with Crippen molar-refractivity contribution in [2.45, 2.75) is 27.2 Å². The maximum atomic E-state index is 3.91. The molecule has 1 heteroatoms. The predicted molar refractivity (Wildman–Crippen MR) is 60.7 cm³/mol. The van der Waals surface area contributed by atoms with Crippen LogP contribution in [0.25, 0.3) is 0 Å². The third-order valence-corrected chi connectivity index (χ3v) is 1.36. The van der Waals surface area contributed by atoms with E-state index < -0.39 is 0 Å². The molecule has 0 N–H and O–H groups in total. The first kappa shape index (κ1) is 11.9. The van der Waals surface area contributed by atoms with Gasteiger partial charge in [-0.3, -0.25) is 4.99 Å². The van der Waals surface area contributed by atoms with Crippen LogP contribution in [0.3, 0.4) is 0 Å². The molecule has 0 heterocycles. The van der Waals surface area contributed by atoms with Crippen molar-refractivity contribution in [3.8, 4) is 0 Å². The maximum Gasteiger partial charge on any atom is 0.0281 e. The largest absolute Gasteiger partial charge is 0.296 e. The number of hydrogen-bond donors (Lipinski definition) is 0. The van der Waals surface area contributed by atoms with E-state index in [2.05, 4.69) is 50.0 Å². The summed E-state index contributed by atoms with van der Waals surface area (Å²) in [7, 11) is 1.78. The van der Waals surface area contributed by atoms with Crippen LogP contribution in [0.1, 0.15) is 31.4 Å². The van der Waals surface area contributed by atoms with Gasteiger partial charge in [0, 0.05) is 13.3 Å². The Hall–Kier alpha value is -1.11. The molecule has 0 radical (unpaired) electrons. The molecule has 0 bridgehead atoms. The van der Waals surface area contributed by atoms with Crippen molar-refractivity contribution in [2.75, 3.05) is 7.05 Å². The number of aliphatic imine (C=N–C) groups is 1. The molecule has 72 valence electrons. The lowest BCUT2D eigenvalue weighted by Gasteiger charge is -1.91. The van der Waals surface area contributed by atoms with E-state index in [4.69, 9.17) is 0 Å². The molecule has 0 spiro atoms. The minimum absolute atomic E-state index is 1.16. The zero-order chi connectivity index (χ0) is 10.1. The van der Waals surface area contributed by atoms with Crippen molar-refractivity contribution in [3.05, 3.63) is 35.4 Å². The van der Waals surface area contributed by atoms with Crippen LogP contribution in [0.15, 0.2) is 29.3 Å². The normalized spacial score (nSPS) is 9.54. The number of rotatable bonds is 1. The Morgan fingerprint density at radius 2 is 1.62 bits per heavy atom. The lowest BCUT2D eigenvalue weighted by Crippen LogP contribution is -1.79. The van der Waals surface area contributed by atoms with Gasteiger partial charge in [-0.1, -0.05) is 50.1 Å². The molecule has 1 aromatic rings. The highest BCUT2D eigenvalue weighted by atomic mass is 14.6. The first-order chi connectivity index (χ1) is 6.24. The van der Waals surface area contributed by atoms with Gasteiger partial charge in [-0.2, -0.15) is 0 Å². The average molecular weight is 177 g/mol. The SMILES string of the molecule is CCC.CN=Cc1ccc(C)cc1. The van der Waals surface area contributed by atoms with Gasteiger partial charge >= 0.3 is 0 Å². The molecule has 1 nitrogen and oxygen atoms in total. The van der Waals surface area contributed by atoms with Crippen molar-refractivity contribution in [3.63, 3.8) is 0 Å². The van der Waals surface area contributed by atoms with Crippen molar-refractivity contribution in [1.82, 2.24) is 0 Å². The lowest BCUT2D eigenvalue weighted by molar-refractivity contribution is 1.09. The van der Waals surface area contributed by atoms with Crippen molar-refractivity contribution in [1.29, 1.82) is 0 Å². The quantitative estimate of drug-likeness (QED) is 0.582. The molecule has 0 fully saturated rings. The highest BCUT2D eigenvalue weighted by molar-refractivity contribution is 5.79. The third-order valence-electron chi connectivity index (χ3n) is 1.36. The van der Waals surface area contributed by atoms with Crippen LogP contribution in [-0.4, -0.2) is 13.3 Å². The molecule has 1 rings (SSSR count). The minimum Gasteiger partial charge on any atom is -0.296 e. The molecule has 0 atom stereocenters. The fraction of sp³-hybridized carbons (Fsp3) is 0.417. The van der Waals surface area contributed by atoms with Crippen LogP contribution in [0, 0.1) is 6.92 Å². The fourth-order valence-corrected chi connectivity index (χ4v) is 0.802. The summed E-state index contributed by atoms with van der Waals surface area (Å²) >= 11 is 0. The number of nitrogens with zero attached hydrogens (tertiary/aromatic N) is 1. The highest BCUT2D eigenvalue weighted by Gasteiger charge is 1.84. The lowest BCUT2D eigenvalue weighted by atomic mass is 10.2. The van der Waals surface area contributed by atoms with E-state index in [0.717, 1.165) is 5.56 Å². The Morgan fingerprint density at radius 3 is 2.00 bits per heavy atom. The molecule has 0 aliphatic rings. The molecule has 0 aliphatic heterocycles. The van der Waals surface area contributed by atoms with Crippen molar-refractivity contribution < 1.29 is 0 Å². The summed E-state index contributed by atoms with van der Waals surface area (Å²) in [6.07, 6.45) is 3.10. The van der Waals surface area contributed by atoms with Crippen LogP contribution >= 0.6 is 0 Å². The molecule has 0 unspecified atom stereocenters. The Morgan fingerprint density at radius 1 is 1.15 bits per heavy atom. The second-order valence-corrected chi connectivity index (χ2v) is 3.01. The molecule has 0 saturated carbocycles.